The van der Waals surface area contributed by atoms with E-state index in [-0.39, 0.29) is 4.75 Å². The van der Waals surface area contributed by atoms with Crippen LogP contribution in [0.1, 0.15) is 39.2 Å². The van der Waals surface area contributed by atoms with Gasteiger partial charge in [0.25, 0.3) is 0 Å². The molecular weight excluding hydrogens is 330 g/mol. The van der Waals surface area contributed by atoms with Crippen LogP contribution in [0.15, 0.2) is 60.7 Å². The van der Waals surface area contributed by atoms with Gasteiger partial charge in [0.05, 0.1) is 0 Å². The third-order valence-electron chi connectivity index (χ3n) is 3.51. The van der Waals surface area contributed by atoms with Crippen molar-refractivity contribution in [3.63, 3.8) is 0 Å². The molecule has 0 aliphatic heterocycles. The van der Waals surface area contributed by atoms with Crippen LogP contribution in [0, 0.1) is 0 Å². The summed E-state index contributed by atoms with van der Waals surface area (Å²) in [7, 11) is 0. The van der Waals surface area contributed by atoms with Crippen molar-refractivity contribution in [1.82, 2.24) is 4.72 Å². The maximum atomic E-state index is 11.9. The molecule has 2 aromatic rings. The Balaban J connectivity index is 1.71. The van der Waals surface area contributed by atoms with Crippen molar-refractivity contribution in [2.45, 2.75) is 38.4 Å². The second-order valence-corrected chi connectivity index (χ2v) is 8.86. The first-order valence-electron chi connectivity index (χ1n) is 8.60. The van der Waals surface area contributed by atoms with Gasteiger partial charge in [0.2, 0.25) is 0 Å². The second kappa shape index (κ2) is 9.66. The van der Waals surface area contributed by atoms with E-state index in [1.807, 2.05) is 75.4 Å². The minimum Gasteiger partial charge on any atom is -0.598 e. The van der Waals surface area contributed by atoms with Gasteiger partial charge in [0, 0.05) is 17.9 Å². The van der Waals surface area contributed by atoms with Gasteiger partial charge in [-0.15, -0.1) is 4.72 Å². The highest BCUT2D eigenvalue weighted by atomic mass is 32.2. The fourth-order valence-corrected chi connectivity index (χ4v) is 2.86. The Bertz CT molecular complexity index is 648. The number of hydrogen-bond donors (Lipinski definition) is 1. The lowest BCUT2D eigenvalue weighted by Gasteiger charge is -2.23. The lowest BCUT2D eigenvalue weighted by molar-refractivity contribution is 0.482. The molecule has 0 aliphatic rings. The first kappa shape index (κ1) is 19.6. The van der Waals surface area contributed by atoms with Crippen molar-refractivity contribution in [3.05, 3.63) is 66.2 Å². The Kier molecular flexibility index (Phi) is 7.56. The smallest absolute Gasteiger partial charge is 0.136 e. The molecule has 0 spiro atoms. The van der Waals surface area contributed by atoms with Gasteiger partial charge in [-0.3, -0.25) is 0 Å². The molecule has 3 nitrogen and oxygen atoms in total. The van der Waals surface area contributed by atoms with Crippen LogP contribution in [0.5, 0.6) is 11.5 Å². The summed E-state index contributed by atoms with van der Waals surface area (Å²) in [5.74, 6) is 1.67. The van der Waals surface area contributed by atoms with Crippen LogP contribution in [-0.2, 0) is 11.4 Å². The molecule has 2 rings (SSSR count). The SMILES string of the molecule is CC(C)(C)[S+]([O-])NCCCC=Cc1ccc(Oc2ccccc2)cc1. The molecule has 2 aromatic carbocycles. The lowest BCUT2D eigenvalue weighted by Crippen LogP contribution is -2.39. The number of benzene rings is 2. The number of unbranched alkanes of at least 4 members (excludes halogenated alkanes) is 1. The highest BCUT2D eigenvalue weighted by Crippen LogP contribution is 2.21. The lowest BCUT2D eigenvalue weighted by atomic mass is 10.2. The highest BCUT2D eigenvalue weighted by Gasteiger charge is 2.25. The molecule has 1 N–H and O–H groups in total. The van der Waals surface area contributed by atoms with Crippen LogP contribution in [0.3, 0.4) is 0 Å². The first-order chi connectivity index (χ1) is 11.9. The van der Waals surface area contributed by atoms with Crippen LogP contribution < -0.4 is 9.46 Å². The standard InChI is InChI=1S/C21H27NO2S/c1-21(2,3)25(23)22-17-9-5-6-10-18-13-15-20(16-14-18)24-19-11-7-4-8-12-19/h4,6-8,10-16,22H,5,9,17H2,1-3H3. The van der Waals surface area contributed by atoms with Gasteiger partial charge in [0.1, 0.15) is 16.2 Å². The number of para-hydroxylation sites is 1. The maximum Gasteiger partial charge on any atom is 0.136 e. The Morgan fingerprint density at radius 2 is 1.64 bits per heavy atom. The van der Waals surface area contributed by atoms with E-state index < -0.39 is 11.4 Å². The molecule has 0 bridgehead atoms. The third kappa shape index (κ3) is 7.34. The average molecular weight is 358 g/mol. The molecule has 25 heavy (non-hydrogen) atoms. The minimum atomic E-state index is -0.986. The molecular formula is C21H27NO2S. The predicted octanol–water partition coefficient (Wildman–Crippen LogP) is 5.32. The molecule has 0 fully saturated rings. The van der Waals surface area contributed by atoms with Crippen molar-refractivity contribution in [1.29, 1.82) is 0 Å². The number of allylic oxidation sites excluding steroid dienone is 1. The number of hydrogen-bond acceptors (Lipinski definition) is 3. The predicted molar refractivity (Wildman–Crippen MR) is 107 cm³/mol. The first-order valence-corrected chi connectivity index (χ1v) is 9.75. The molecule has 0 saturated heterocycles. The van der Waals surface area contributed by atoms with E-state index >= 15 is 0 Å². The summed E-state index contributed by atoms with van der Waals surface area (Å²) in [6.45, 7) is 6.68. The molecule has 0 amide bonds. The third-order valence-corrected chi connectivity index (χ3v) is 5.08. The number of nitrogens with one attached hydrogen (secondary N) is 1. The zero-order valence-electron chi connectivity index (χ0n) is 15.2. The number of ether oxygens (including phenoxy) is 1. The molecule has 1 atom stereocenters. The maximum absolute atomic E-state index is 11.9. The number of rotatable bonds is 8. The molecule has 4 heteroatoms. The van der Waals surface area contributed by atoms with E-state index in [1.54, 1.807) is 0 Å². The fraction of sp³-hybridized carbons (Fsp3) is 0.333. The van der Waals surface area contributed by atoms with Crippen LogP contribution in [0.25, 0.3) is 6.08 Å². The summed E-state index contributed by atoms with van der Waals surface area (Å²) in [4.78, 5) is 0. The Hall–Kier alpha value is -1.75. The van der Waals surface area contributed by atoms with Gasteiger partial charge in [-0.2, -0.15) is 0 Å². The summed E-state index contributed by atoms with van der Waals surface area (Å²) >= 11 is -0.986. The van der Waals surface area contributed by atoms with Crippen LogP contribution >= 0.6 is 0 Å². The zero-order valence-corrected chi connectivity index (χ0v) is 16.0. The summed E-state index contributed by atoms with van der Waals surface area (Å²) in [6, 6.07) is 17.8. The zero-order chi connectivity index (χ0) is 18.1. The molecule has 0 radical (unpaired) electrons. The van der Waals surface area contributed by atoms with E-state index in [2.05, 4.69) is 16.9 Å². The largest absolute Gasteiger partial charge is 0.598 e. The van der Waals surface area contributed by atoms with Crippen molar-refractivity contribution in [3.8, 4) is 11.5 Å². The van der Waals surface area contributed by atoms with E-state index in [1.165, 1.54) is 0 Å². The average Bonchev–Trinajstić information content (AvgIpc) is 2.59. The Labute approximate surface area is 154 Å². The summed E-state index contributed by atoms with van der Waals surface area (Å²) in [5, 5.41) is 0. The highest BCUT2D eigenvalue weighted by molar-refractivity contribution is 7.90. The van der Waals surface area contributed by atoms with Crippen molar-refractivity contribution < 1.29 is 9.29 Å². The monoisotopic (exact) mass is 357 g/mol. The summed E-state index contributed by atoms with van der Waals surface area (Å²) < 4.78 is 20.5. The fourth-order valence-electron chi connectivity index (χ4n) is 2.09. The minimum absolute atomic E-state index is 0.209. The van der Waals surface area contributed by atoms with Gasteiger partial charge in [-0.1, -0.05) is 42.5 Å². The van der Waals surface area contributed by atoms with E-state index in [9.17, 15) is 4.55 Å². The molecule has 0 heterocycles. The second-order valence-electron chi connectivity index (χ2n) is 6.80. The topological polar surface area (TPSA) is 44.3 Å². The van der Waals surface area contributed by atoms with Crippen molar-refractivity contribution in [2.24, 2.45) is 0 Å². The Morgan fingerprint density at radius 1 is 1.00 bits per heavy atom. The Morgan fingerprint density at radius 3 is 2.28 bits per heavy atom. The van der Waals surface area contributed by atoms with Crippen molar-refractivity contribution in [2.75, 3.05) is 6.54 Å². The van der Waals surface area contributed by atoms with E-state index in [4.69, 9.17) is 4.74 Å². The quantitative estimate of drug-likeness (QED) is 0.513. The van der Waals surface area contributed by atoms with Crippen LogP contribution in [-0.4, -0.2) is 15.8 Å². The normalized spacial score (nSPS) is 13.1. The van der Waals surface area contributed by atoms with Gasteiger partial charge < -0.3 is 9.29 Å². The van der Waals surface area contributed by atoms with Gasteiger partial charge in [-0.25, -0.2) is 0 Å². The van der Waals surface area contributed by atoms with Crippen LogP contribution in [0.2, 0.25) is 0 Å². The van der Waals surface area contributed by atoms with E-state index in [0.29, 0.717) is 0 Å². The van der Waals surface area contributed by atoms with Gasteiger partial charge in [0.15, 0.2) is 0 Å². The van der Waals surface area contributed by atoms with Crippen LogP contribution in [0.4, 0.5) is 0 Å². The summed E-state index contributed by atoms with van der Waals surface area (Å²) in [5.41, 5.74) is 1.15. The van der Waals surface area contributed by atoms with Gasteiger partial charge >= 0.3 is 0 Å². The molecule has 0 saturated carbocycles. The molecule has 0 aromatic heterocycles. The molecule has 1 unspecified atom stereocenters. The van der Waals surface area contributed by atoms with Crippen molar-refractivity contribution >= 4 is 17.4 Å². The van der Waals surface area contributed by atoms with E-state index in [0.717, 1.165) is 36.4 Å². The molecule has 134 valence electrons. The molecule has 0 aliphatic carbocycles. The summed E-state index contributed by atoms with van der Waals surface area (Å²) in [6.07, 6.45) is 6.17. The van der Waals surface area contributed by atoms with Gasteiger partial charge in [-0.05, 0) is 63.4 Å².